The van der Waals surface area contributed by atoms with Crippen molar-refractivity contribution in [3.8, 4) is 5.75 Å². The van der Waals surface area contributed by atoms with Gasteiger partial charge in [0.1, 0.15) is 5.84 Å². The summed E-state index contributed by atoms with van der Waals surface area (Å²) in [6.45, 7) is 0.873. The number of aliphatic imine (C=N–C) groups is 3. The summed E-state index contributed by atoms with van der Waals surface area (Å²) >= 11 is 0. The molecule has 0 radical (unpaired) electrons. The molecular formula is C21H26N8O. The van der Waals surface area contributed by atoms with Crippen LogP contribution in [-0.2, 0) is 0 Å². The van der Waals surface area contributed by atoms with Gasteiger partial charge in [0.25, 0.3) is 0 Å². The number of pyridine rings is 1. The fraction of sp³-hybridized carbons (Fsp3) is 0.476. The van der Waals surface area contributed by atoms with Gasteiger partial charge in [-0.1, -0.05) is 6.08 Å². The zero-order valence-corrected chi connectivity index (χ0v) is 17.0. The standard InChI is InChI=1S/C21H26N8O/c1-30-17-5-3-9-23-19(17)25-18-12-24-20-21(26-18)29(28-27-20)13-15-6-7-16-11-14(10-15)4-2-8-22-16/h2-5,8-9,12,14-16,21,28H,6-7,10-11,13H2,1H3,(H,23,25,26). The lowest BCUT2D eigenvalue weighted by molar-refractivity contribution is 0.148. The zero-order chi connectivity index (χ0) is 20.3. The summed E-state index contributed by atoms with van der Waals surface area (Å²) in [4.78, 5) is 18.3. The van der Waals surface area contributed by atoms with Crippen LogP contribution in [0.2, 0.25) is 0 Å². The molecule has 1 saturated carbocycles. The molecule has 1 aromatic heterocycles. The predicted octanol–water partition coefficient (Wildman–Crippen LogP) is 2.26. The van der Waals surface area contributed by atoms with Crippen molar-refractivity contribution in [2.45, 2.75) is 37.9 Å². The van der Waals surface area contributed by atoms with Crippen molar-refractivity contribution in [2.75, 3.05) is 19.0 Å². The Bertz CT molecular complexity index is 937. The minimum Gasteiger partial charge on any atom is -0.493 e. The third kappa shape index (κ3) is 3.97. The molecule has 2 N–H and O–H groups in total. The van der Waals surface area contributed by atoms with E-state index in [9.17, 15) is 0 Å². The Morgan fingerprint density at radius 3 is 3.20 bits per heavy atom. The van der Waals surface area contributed by atoms with E-state index >= 15 is 0 Å². The van der Waals surface area contributed by atoms with Crippen LogP contribution in [0.4, 0.5) is 5.82 Å². The molecule has 0 aromatic carbocycles. The molecule has 3 aliphatic heterocycles. The van der Waals surface area contributed by atoms with Gasteiger partial charge in [0.05, 0.1) is 19.4 Å². The van der Waals surface area contributed by atoms with Crippen molar-refractivity contribution in [3.05, 3.63) is 30.5 Å². The van der Waals surface area contributed by atoms with E-state index in [2.05, 4.69) is 48.1 Å². The van der Waals surface area contributed by atoms with Crippen LogP contribution in [0.3, 0.4) is 0 Å². The summed E-state index contributed by atoms with van der Waals surface area (Å²) in [5.74, 6) is 3.74. The summed E-state index contributed by atoms with van der Waals surface area (Å²) in [7, 11) is 1.62. The SMILES string of the molecule is COc1cccnc1NC1=NC2C(=NNN2CC2CCC3CC(C=CC=N3)C2)N=C1. The Morgan fingerprint density at radius 1 is 1.30 bits per heavy atom. The Kier molecular flexibility index (Phi) is 5.27. The fourth-order valence-corrected chi connectivity index (χ4v) is 4.51. The second kappa shape index (κ2) is 8.35. The van der Waals surface area contributed by atoms with Gasteiger partial charge in [0.2, 0.25) is 0 Å². The number of hydrogen-bond donors (Lipinski definition) is 2. The number of nitrogens with zero attached hydrogens (tertiary/aromatic N) is 6. The molecule has 30 heavy (non-hydrogen) atoms. The Hall–Kier alpha value is -3.07. The first kappa shape index (κ1) is 18.9. The lowest BCUT2D eigenvalue weighted by Gasteiger charge is -2.27. The number of anilines is 1. The fourth-order valence-electron chi connectivity index (χ4n) is 4.51. The second-order valence-electron chi connectivity index (χ2n) is 8.06. The molecule has 4 heterocycles. The zero-order valence-electron chi connectivity index (χ0n) is 17.0. The number of ether oxygens (including phenoxy) is 1. The average Bonchev–Trinajstić information content (AvgIpc) is 2.92. The van der Waals surface area contributed by atoms with Gasteiger partial charge in [0.15, 0.2) is 23.6 Å². The molecule has 0 saturated heterocycles. The van der Waals surface area contributed by atoms with Gasteiger partial charge >= 0.3 is 0 Å². The normalized spacial score (nSPS) is 29.9. The highest BCUT2D eigenvalue weighted by Gasteiger charge is 2.34. The van der Waals surface area contributed by atoms with Crippen LogP contribution in [-0.4, -0.2) is 60.0 Å². The number of nitrogens with one attached hydrogen (secondary N) is 2. The van der Waals surface area contributed by atoms with E-state index in [1.807, 2.05) is 18.3 Å². The number of hydrazone groups is 1. The van der Waals surface area contributed by atoms with Crippen molar-refractivity contribution in [1.29, 1.82) is 0 Å². The minimum absolute atomic E-state index is 0.244. The van der Waals surface area contributed by atoms with Crippen LogP contribution in [0.1, 0.15) is 25.7 Å². The Balaban J connectivity index is 1.27. The maximum absolute atomic E-state index is 5.36. The van der Waals surface area contributed by atoms with Crippen LogP contribution in [0.15, 0.2) is 50.6 Å². The number of methoxy groups -OCH3 is 1. The van der Waals surface area contributed by atoms with Gasteiger partial charge in [-0.25, -0.2) is 20.5 Å². The van der Waals surface area contributed by atoms with E-state index in [4.69, 9.17) is 9.73 Å². The van der Waals surface area contributed by atoms with Crippen LogP contribution >= 0.6 is 0 Å². The lowest BCUT2D eigenvalue weighted by atomic mass is 9.92. The molecular weight excluding hydrogens is 380 g/mol. The minimum atomic E-state index is -0.244. The topological polar surface area (TPSA) is 98.9 Å². The molecule has 1 fully saturated rings. The van der Waals surface area contributed by atoms with E-state index in [1.54, 1.807) is 19.5 Å². The molecule has 5 rings (SSSR count). The molecule has 9 nitrogen and oxygen atoms in total. The van der Waals surface area contributed by atoms with Gasteiger partial charge in [-0.05, 0) is 55.7 Å². The first-order valence-electron chi connectivity index (χ1n) is 10.5. The van der Waals surface area contributed by atoms with Crippen molar-refractivity contribution in [2.24, 2.45) is 31.9 Å². The summed E-state index contributed by atoms with van der Waals surface area (Å²) < 4.78 is 5.36. The summed E-state index contributed by atoms with van der Waals surface area (Å²) in [5, 5.41) is 9.67. The Labute approximate surface area is 175 Å². The molecule has 4 aliphatic rings. The van der Waals surface area contributed by atoms with Crippen LogP contribution < -0.4 is 15.6 Å². The quantitative estimate of drug-likeness (QED) is 0.799. The monoisotopic (exact) mass is 406 g/mol. The van der Waals surface area contributed by atoms with Crippen molar-refractivity contribution in [1.82, 2.24) is 15.5 Å². The van der Waals surface area contributed by atoms with E-state index in [-0.39, 0.29) is 6.17 Å². The van der Waals surface area contributed by atoms with Crippen molar-refractivity contribution in [3.63, 3.8) is 0 Å². The number of hydrogen-bond acceptors (Lipinski definition) is 9. The molecule has 9 heteroatoms. The molecule has 156 valence electrons. The van der Waals surface area contributed by atoms with Crippen LogP contribution in [0.5, 0.6) is 5.75 Å². The van der Waals surface area contributed by atoms with Gasteiger partial charge in [-0.3, -0.25) is 4.99 Å². The predicted molar refractivity (Wildman–Crippen MR) is 118 cm³/mol. The molecule has 0 amide bonds. The van der Waals surface area contributed by atoms with Gasteiger partial charge in [-0.15, -0.1) is 5.10 Å². The Morgan fingerprint density at radius 2 is 2.27 bits per heavy atom. The molecule has 4 unspecified atom stereocenters. The highest BCUT2D eigenvalue weighted by atomic mass is 16.5. The average molecular weight is 406 g/mol. The number of fused-ring (bicyclic) bond motifs is 3. The third-order valence-corrected chi connectivity index (χ3v) is 5.98. The number of aromatic nitrogens is 1. The third-order valence-electron chi connectivity index (χ3n) is 5.98. The van der Waals surface area contributed by atoms with Crippen LogP contribution in [0.25, 0.3) is 0 Å². The molecule has 0 spiro atoms. The van der Waals surface area contributed by atoms with Gasteiger partial charge < -0.3 is 10.1 Å². The maximum atomic E-state index is 5.36. The van der Waals surface area contributed by atoms with E-state index < -0.39 is 0 Å². The molecule has 4 atom stereocenters. The van der Waals surface area contributed by atoms with Crippen molar-refractivity contribution >= 4 is 29.9 Å². The first-order valence-corrected chi connectivity index (χ1v) is 10.5. The number of rotatable bonds is 4. The number of amidine groups is 2. The van der Waals surface area contributed by atoms with Gasteiger partial charge in [-0.2, -0.15) is 5.01 Å². The number of allylic oxidation sites excluding steroid dienone is 2. The summed E-state index contributed by atoms with van der Waals surface area (Å²) in [5.41, 5.74) is 3.13. The smallest absolute Gasteiger partial charge is 0.191 e. The molecule has 1 aliphatic carbocycles. The maximum Gasteiger partial charge on any atom is 0.191 e. The molecule has 2 bridgehead atoms. The highest BCUT2D eigenvalue weighted by molar-refractivity contribution is 6.38. The summed E-state index contributed by atoms with van der Waals surface area (Å²) in [6.07, 6.45) is 14.2. The highest BCUT2D eigenvalue weighted by Crippen LogP contribution is 2.32. The van der Waals surface area contributed by atoms with E-state index in [0.717, 1.165) is 25.8 Å². The second-order valence-corrected chi connectivity index (χ2v) is 8.06. The molecule has 1 aromatic rings. The van der Waals surface area contributed by atoms with Crippen LogP contribution in [0, 0.1) is 11.8 Å². The number of hydrazine groups is 1. The first-order chi connectivity index (χ1) is 14.8. The van der Waals surface area contributed by atoms with E-state index in [1.165, 1.54) is 6.42 Å². The summed E-state index contributed by atoms with van der Waals surface area (Å²) in [6, 6.07) is 4.14. The van der Waals surface area contributed by atoms with Gasteiger partial charge in [0, 0.05) is 19.0 Å². The van der Waals surface area contributed by atoms with Crippen molar-refractivity contribution < 1.29 is 4.74 Å². The van der Waals surface area contributed by atoms with E-state index in [0.29, 0.717) is 41.1 Å². The lowest BCUT2D eigenvalue weighted by Crippen LogP contribution is -2.44. The largest absolute Gasteiger partial charge is 0.493 e.